The normalized spacial score (nSPS) is 12.0. The Morgan fingerprint density at radius 3 is 1.85 bits per heavy atom. The van der Waals surface area contributed by atoms with Crippen molar-refractivity contribution in [3.05, 3.63) is 29.0 Å². The summed E-state index contributed by atoms with van der Waals surface area (Å²) in [6, 6.07) is 0. The Balaban J connectivity index is 3.15. The number of benzene rings is 1. The first-order valence-corrected chi connectivity index (χ1v) is 10.5. The van der Waals surface area contributed by atoms with E-state index in [9.17, 15) is 14.7 Å². The average molecular weight is 628 g/mol. The molecule has 0 aromatic heterocycles. The molecule has 0 fully saturated rings. The van der Waals surface area contributed by atoms with Gasteiger partial charge in [-0.2, -0.15) is 0 Å². The highest BCUT2D eigenvalue weighted by molar-refractivity contribution is 9.15. The Labute approximate surface area is 183 Å². The van der Waals surface area contributed by atoms with Gasteiger partial charge in [-0.1, -0.05) is 0 Å². The summed E-state index contributed by atoms with van der Waals surface area (Å²) >= 11 is 13.2. The van der Waals surface area contributed by atoms with Gasteiger partial charge in [-0.05, 0) is 70.6 Å². The monoisotopic (exact) mass is 624 g/mol. The van der Waals surface area contributed by atoms with E-state index in [1.54, 1.807) is 0 Å². The van der Waals surface area contributed by atoms with Gasteiger partial charge in [0, 0.05) is 17.9 Å². The van der Waals surface area contributed by atoms with Crippen molar-refractivity contribution in [3.8, 4) is 0 Å². The number of aliphatic hydroxyl groups is 2. The number of hydrogen-bond donors (Lipinski definition) is 2. The first-order chi connectivity index (χ1) is 12.2. The molecule has 1 atom stereocenters. The molecule has 1 aromatic rings. The van der Waals surface area contributed by atoms with Gasteiger partial charge in [0.15, 0.2) is 0 Å². The second kappa shape index (κ2) is 11.7. The largest absolute Gasteiger partial charge is 0.460 e. The summed E-state index contributed by atoms with van der Waals surface area (Å²) in [4.78, 5) is 25.0. The summed E-state index contributed by atoms with van der Waals surface area (Å²) < 4.78 is 16.8. The van der Waals surface area contributed by atoms with Crippen molar-refractivity contribution in [3.63, 3.8) is 0 Å². The number of carbonyl (C=O) groups is 2. The summed E-state index contributed by atoms with van der Waals surface area (Å²) in [7, 11) is 0. The molecule has 0 saturated heterocycles. The first kappa shape index (κ1) is 24.0. The molecule has 146 valence electrons. The van der Waals surface area contributed by atoms with Gasteiger partial charge < -0.3 is 24.4 Å². The second-order valence-electron chi connectivity index (χ2n) is 4.93. The smallest absolute Gasteiger partial charge is 0.340 e. The quantitative estimate of drug-likeness (QED) is 0.187. The molecule has 0 unspecified atom stereocenters. The summed E-state index contributed by atoms with van der Waals surface area (Å²) in [6.45, 7) is 1.29. The highest BCUT2D eigenvalue weighted by Crippen LogP contribution is 2.42. The third kappa shape index (κ3) is 6.54. The number of hydrogen-bond acceptors (Lipinski definition) is 7. The summed E-state index contributed by atoms with van der Waals surface area (Å²) in [5.74, 6) is -1.56. The van der Waals surface area contributed by atoms with Crippen LogP contribution in [0.1, 0.15) is 27.6 Å². The maximum absolute atomic E-state index is 12.5. The molecule has 0 saturated carbocycles. The SMILES string of the molecule is C[C@@H](O)COC(=O)c1c(Br)c(Br)c(Br)c(Br)c1C(=O)OCCOCCO. The van der Waals surface area contributed by atoms with Crippen LogP contribution < -0.4 is 0 Å². The zero-order valence-electron chi connectivity index (χ0n) is 13.6. The Morgan fingerprint density at radius 2 is 1.38 bits per heavy atom. The fourth-order valence-electron chi connectivity index (χ4n) is 1.72. The van der Waals surface area contributed by atoms with Crippen LogP contribution in [-0.2, 0) is 14.2 Å². The molecular formula is C15H16Br4O7. The van der Waals surface area contributed by atoms with Crippen LogP contribution in [0, 0.1) is 0 Å². The van der Waals surface area contributed by atoms with Gasteiger partial charge in [0.05, 0.1) is 37.1 Å². The molecule has 2 N–H and O–H groups in total. The lowest BCUT2D eigenvalue weighted by Gasteiger charge is -2.16. The fourth-order valence-corrected chi connectivity index (χ4v) is 4.16. The van der Waals surface area contributed by atoms with E-state index >= 15 is 0 Å². The molecular weight excluding hydrogens is 612 g/mol. The number of carbonyl (C=O) groups excluding carboxylic acids is 2. The number of aliphatic hydroxyl groups excluding tert-OH is 2. The molecule has 0 amide bonds. The summed E-state index contributed by atoms with van der Waals surface area (Å²) in [6.07, 6.45) is -0.848. The standard InChI is InChI=1S/C15H16Br4O7/c1-7(21)6-26-15(23)9-8(10(16)12(18)13(19)11(9)17)14(22)25-5-4-24-3-2-20/h7,20-21H,2-6H2,1H3/t7-/m1/s1. The molecule has 0 aliphatic heterocycles. The third-order valence-corrected chi connectivity index (χ3v) is 7.60. The maximum atomic E-state index is 12.5. The Hall–Kier alpha value is -0.0400. The van der Waals surface area contributed by atoms with Crippen LogP contribution in [0.25, 0.3) is 0 Å². The molecule has 1 rings (SSSR count). The predicted octanol–water partition coefficient (Wildman–Crippen LogP) is 3.44. The summed E-state index contributed by atoms with van der Waals surface area (Å²) in [5, 5.41) is 17.9. The van der Waals surface area contributed by atoms with Crippen LogP contribution in [0.4, 0.5) is 0 Å². The van der Waals surface area contributed by atoms with E-state index in [-0.39, 0.29) is 44.2 Å². The lowest BCUT2D eigenvalue weighted by molar-refractivity contribution is 0.0235. The minimum Gasteiger partial charge on any atom is -0.460 e. The van der Waals surface area contributed by atoms with Gasteiger partial charge >= 0.3 is 11.9 Å². The molecule has 0 heterocycles. The average Bonchev–Trinajstić information content (AvgIpc) is 2.60. The van der Waals surface area contributed by atoms with E-state index < -0.39 is 18.0 Å². The number of ether oxygens (including phenoxy) is 3. The number of esters is 2. The minimum atomic E-state index is -0.848. The summed E-state index contributed by atoms with van der Waals surface area (Å²) in [5.41, 5.74) is -0.0847. The van der Waals surface area contributed by atoms with Crippen molar-refractivity contribution < 1.29 is 34.0 Å². The van der Waals surface area contributed by atoms with Crippen LogP contribution >= 0.6 is 63.7 Å². The highest BCUT2D eigenvalue weighted by atomic mass is 79.9. The Kier molecular flexibility index (Phi) is 10.8. The van der Waals surface area contributed by atoms with Crippen LogP contribution in [0.2, 0.25) is 0 Å². The van der Waals surface area contributed by atoms with Gasteiger partial charge in [0.25, 0.3) is 0 Å². The Bertz CT molecular complexity index is 664. The van der Waals surface area contributed by atoms with Crippen molar-refractivity contribution >= 4 is 75.7 Å². The molecule has 0 radical (unpaired) electrons. The lowest BCUT2D eigenvalue weighted by Crippen LogP contribution is -2.21. The van der Waals surface area contributed by atoms with Crippen molar-refractivity contribution in [1.82, 2.24) is 0 Å². The first-order valence-electron chi connectivity index (χ1n) is 7.29. The van der Waals surface area contributed by atoms with Crippen LogP contribution in [-0.4, -0.2) is 61.3 Å². The van der Waals surface area contributed by atoms with Crippen molar-refractivity contribution in [2.45, 2.75) is 13.0 Å². The van der Waals surface area contributed by atoms with Crippen LogP contribution in [0.5, 0.6) is 0 Å². The number of rotatable bonds is 9. The topological polar surface area (TPSA) is 102 Å². The van der Waals surface area contributed by atoms with E-state index in [4.69, 9.17) is 19.3 Å². The van der Waals surface area contributed by atoms with E-state index in [1.165, 1.54) is 6.92 Å². The van der Waals surface area contributed by atoms with E-state index in [0.717, 1.165) is 0 Å². The van der Waals surface area contributed by atoms with Crippen molar-refractivity contribution in [2.75, 3.05) is 33.0 Å². The lowest BCUT2D eigenvalue weighted by atomic mass is 10.1. The zero-order valence-corrected chi connectivity index (χ0v) is 19.9. The molecule has 0 aliphatic rings. The van der Waals surface area contributed by atoms with E-state index in [2.05, 4.69) is 63.7 Å². The molecule has 0 aliphatic carbocycles. The van der Waals surface area contributed by atoms with Gasteiger partial charge in [-0.25, -0.2) is 9.59 Å². The predicted molar refractivity (Wildman–Crippen MR) is 107 cm³/mol. The molecule has 1 aromatic carbocycles. The second-order valence-corrected chi connectivity index (χ2v) is 8.10. The maximum Gasteiger partial charge on any atom is 0.340 e. The van der Waals surface area contributed by atoms with E-state index in [1.807, 2.05) is 0 Å². The van der Waals surface area contributed by atoms with Crippen molar-refractivity contribution in [2.24, 2.45) is 0 Å². The van der Waals surface area contributed by atoms with Crippen LogP contribution in [0.3, 0.4) is 0 Å². The molecule has 0 bridgehead atoms. The fraction of sp³-hybridized carbons (Fsp3) is 0.467. The zero-order chi connectivity index (χ0) is 19.9. The number of halogens is 4. The molecule has 11 heteroatoms. The van der Waals surface area contributed by atoms with Gasteiger partial charge in [-0.3, -0.25) is 0 Å². The molecule has 7 nitrogen and oxygen atoms in total. The molecule has 0 spiro atoms. The highest BCUT2D eigenvalue weighted by Gasteiger charge is 2.30. The Morgan fingerprint density at radius 1 is 0.885 bits per heavy atom. The third-order valence-electron chi connectivity index (χ3n) is 2.83. The van der Waals surface area contributed by atoms with E-state index in [0.29, 0.717) is 17.9 Å². The van der Waals surface area contributed by atoms with Gasteiger partial charge in [-0.15, -0.1) is 0 Å². The van der Waals surface area contributed by atoms with Gasteiger partial charge in [0.2, 0.25) is 0 Å². The molecule has 26 heavy (non-hydrogen) atoms. The van der Waals surface area contributed by atoms with Gasteiger partial charge in [0.1, 0.15) is 13.2 Å². The van der Waals surface area contributed by atoms with Crippen LogP contribution in [0.15, 0.2) is 17.9 Å². The minimum absolute atomic E-state index is 0.0373. The van der Waals surface area contributed by atoms with Crippen molar-refractivity contribution in [1.29, 1.82) is 0 Å².